The fourth-order valence-corrected chi connectivity index (χ4v) is 2.17. The van der Waals surface area contributed by atoms with Crippen molar-refractivity contribution in [3.8, 4) is 5.69 Å². The zero-order valence-electron chi connectivity index (χ0n) is 12.0. The molecular weight excluding hydrogens is 316 g/mol. The fraction of sp³-hybridized carbons (Fsp3) is 0.0625. The Kier molecular flexibility index (Phi) is 4.36. The van der Waals surface area contributed by atoms with Crippen LogP contribution in [0.3, 0.4) is 0 Å². The molecule has 0 saturated carbocycles. The van der Waals surface area contributed by atoms with Crippen LogP contribution in [0.1, 0.15) is 15.9 Å². The van der Waals surface area contributed by atoms with E-state index in [0.29, 0.717) is 21.8 Å². The smallest absolute Gasteiger partial charge is 0.258 e. The summed E-state index contributed by atoms with van der Waals surface area (Å²) >= 11 is 5.85. The highest BCUT2D eigenvalue weighted by atomic mass is 35.5. The number of carbonyl (C=O) groups is 1. The SMILES string of the molecule is O=C(Nc1cnccc1CO)c1cnn(-c2ccc(Cl)cc2)c1. The van der Waals surface area contributed by atoms with Crippen LogP contribution >= 0.6 is 11.6 Å². The number of hydrogen-bond acceptors (Lipinski definition) is 4. The average molecular weight is 329 g/mol. The molecular formula is C16H13ClN4O2. The first-order chi connectivity index (χ1) is 11.2. The van der Waals surface area contributed by atoms with Crippen LogP contribution in [0.25, 0.3) is 5.69 Å². The molecule has 3 aromatic rings. The second kappa shape index (κ2) is 6.60. The first-order valence-corrected chi connectivity index (χ1v) is 7.21. The Morgan fingerprint density at radius 1 is 1.22 bits per heavy atom. The van der Waals surface area contributed by atoms with Crippen LogP contribution in [0, 0.1) is 0 Å². The molecule has 0 unspecified atom stereocenters. The molecule has 2 aromatic heterocycles. The van der Waals surface area contributed by atoms with Gasteiger partial charge in [-0.15, -0.1) is 0 Å². The van der Waals surface area contributed by atoms with Crippen molar-refractivity contribution in [3.63, 3.8) is 0 Å². The van der Waals surface area contributed by atoms with Crippen LogP contribution in [0.4, 0.5) is 5.69 Å². The van der Waals surface area contributed by atoms with E-state index in [9.17, 15) is 9.90 Å². The number of aliphatic hydroxyl groups is 1. The molecule has 0 bridgehead atoms. The van der Waals surface area contributed by atoms with Gasteiger partial charge in [0.1, 0.15) is 0 Å². The number of anilines is 1. The Labute approximate surface area is 137 Å². The lowest BCUT2D eigenvalue weighted by molar-refractivity contribution is 0.102. The first-order valence-electron chi connectivity index (χ1n) is 6.83. The summed E-state index contributed by atoms with van der Waals surface area (Å²) in [5, 5.41) is 16.8. The Hall–Kier alpha value is -2.70. The van der Waals surface area contributed by atoms with Crippen molar-refractivity contribution in [1.82, 2.24) is 14.8 Å². The second-order valence-electron chi connectivity index (χ2n) is 4.80. The number of rotatable bonds is 4. The summed E-state index contributed by atoms with van der Waals surface area (Å²) in [6, 6.07) is 8.76. The maximum Gasteiger partial charge on any atom is 0.258 e. The van der Waals surface area contributed by atoms with E-state index < -0.39 is 0 Å². The molecule has 0 fully saturated rings. The predicted molar refractivity (Wildman–Crippen MR) is 86.7 cm³/mol. The van der Waals surface area contributed by atoms with Crippen molar-refractivity contribution in [3.05, 3.63) is 71.3 Å². The third-order valence-corrected chi connectivity index (χ3v) is 3.52. The highest BCUT2D eigenvalue weighted by molar-refractivity contribution is 6.30. The van der Waals surface area contributed by atoms with Crippen LogP contribution in [0.5, 0.6) is 0 Å². The lowest BCUT2D eigenvalue weighted by atomic mass is 10.2. The largest absolute Gasteiger partial charge is 0.392 e. The molecule has 0 spiro atoms. The molecule has 0 saturated heterocycles. The molecule has 1 aromatic carbocycles. The highest BCUT2D eigenvalue weighted by Gasteiger charge is 2.12. The number of amides is 1. The topological polar surface area (TPSA) is 80.0 Å². The summed E-state index contributed by atoms with van der Waals surface area (Å²) in [4.78, 5) is 16.2. The van der Waals surface area contributed by atoms with E-state index in [1.807, 2.05) is 12.1 Å². The molecule has 0 aliphatic rings. The Morgan fingerprint density at radius 3 is 2.74 bits per heavy atom. The van der Waals surface area contributed by atoms with E-state index in [1.54, 1.807) is 35.3 Å². The molecule has 0 atom stereocenters. The van der Waals surface area contributed by atoms with Gasteiger partial charge in [-0.05, 0) is 30.3 Å². The monoisotopic (exact) mass is 328 g/mol. The molecule has 0 radical (unpaired) electrons. The highest BCUT2D eigenvalue weighted by Crippen LogP contribution is 2.16. The number of aromatic nitrogens is 3. The van der Waals surface area contributed by atoms with Gasteiger partial charge in [0.2, 0.25) is 0 Å². The number of halogens is 1. The normalized spacial score (nSPS) is 10.5. The van der Waals surface area contributed by atoms with Crippen molar-refractivity contribution in [2.75, 3.05) is 5.32 Å². The minimum Gasteiger partial charge on any atom is -0.392 e. The standard InChI is InChI=1S/C16H13ClN4O2/c17-13-1-3-14(4-2-13)21-9-12(7-19-21)16(23)20-15-8-18-6-5-11(15)10-22/h1-9,22H,10H2,(H,20,23). The summed E-state index contributed by atoms with van der Waals surface area (Å²) in [6.07, 6.45) is 6.14. The van der Waals surface area contributed by atoms with Gasteiger partial charge in [0, 0.05) is 23.0 Å². The number of benzene rings is 1. The van der Waals surface area contributed by atoms with Gasteiger partial charge in [0.25, 0.3) is 5.91 Å². The summed E-state index contributed by atoms with van der Waals surface area (Å²) in [7, 11) is 0. The van der Waals surface area contributed by atoms with Gasteiger partial charge in [0.05, 0.1) is 35.9 Å². The Morgan fingerprint density at radius 2 is 2.00 bits per heavy atom. The van der Waals surface area contributed by atoms with Crippen LogP contribution in [0.2, 0.25) is 5.02 Å². The van der Waals surface area contributed by atoms with Gasteiger partial charge in [-0.1, -0.05) is 11.6 Å². The van der Waals surface area contributed by atoms with Crippen molar-refractivity contribution in [2.24, 2.45) is 0 Å². The van der Waals surface area contributed by atoms with Gasteiger partial charge in [-0.2, -0.15) is 5.10 Å². The van der Waals surface area contributed by atoms with E-state index in [1.165, 1.54) is 12.4 Å². The maximum absolute atomic E-state index is 12.3. The fourth-order valence-electron chi connectivity index (χ4n) is 2.04. The van der Waals surface area contributed by atoms with Gasteiger partial charge >= 0.3 is 0 Å². The Balaban J connectivity index is 1.80. The van der Waals surface area contributed by atoms with Gasteiger partial charge < -0.3 is 10.4 Å². The first kappa shape index (κ1) is 15.2. The summed E-state index contributed by atoms with van der Waals surface area (Å²) < 4.78 is 1.58. The van der Waals surface area contributed by atoms with Crippen molar-refractivity contribution in [1.29, 1.82) is 0 Å². The zero-order valence-corrected chi connectivity index (χ0v) is 12.7. The number of aliphatic hydroxyl groups excluding tert-OH is 1. The number of hydrogen-bond donors (Lipinski definition) is 2. The molecule has 116 valence electrons. The predicted octanol–water partition coefficient (Wildman–Crippen LogP) is 2.67. The third kappa shape index (κ3) is 3.39. The summed E-state index contributed by atoms with van der Waals surface area (Å²) in [5.41, 5.74) is 2.26. The number of pyridine rings is 1. The number of carbonyl (C=O) groups excluding carboxylic acids is 1. The van der Waals surface area contributed by atoms with E-state index in [2.05, 4.69) is 15.4 Å². The van der Waals surface area contributed by atoms with Crippen LogP contribution in [-0.2, 0) is 6.61 Å². The zero-order chi connectivity index (χ0) is 16.2. The van der Waals surface area contributed by atoms with Gasteiger partial charge in [-0.25, -0.2) is 4.68 Å². The quantitative estimate of drug-likeness (QED) is 0.771. The molecule has 7 heteroatoms. The molecule has 1 amide bonds. The number of nitrogens with one attached hydrogen (secondary N) is 1. The summed E-state index contributed by atoms with van der Waals surface area (Å²) in [6.45, 7) is -0.178. The third-order valence-electron chi connectivity index (χ3n) is 3.27. The molecule has 2 heterocycles. The van der Waals surface area contributed by atoms with Crippen molar-refractivity contribution >= 4 is 23.2 Å². The number of nitrogens with zero attached hydrogens (tertiary/aromatic N) is 3. The molecule has 2 N–H and O–H groups in total. The Bertz CT molecular complexity index is 830. The van der Waals surface area contributed by atoms with E-state index in [4.69, 9.17) is 11.6 Å². The second-order valence-corrected chi connectivity index (χ2v) is 5.23. The molecule has 23 heavy (non-hydrogen) atoms. The molecule has 0 aliphatic carbocycles. The minimum atomic E-state index is -0.326. The van der Waals surface area contributed by atoms with Gasteiger partial charge in [-0.3, -0.25) is 9.78 Å². The van der Waals surface area contributed by atoms with Crippen LogP contribution in [0.15, 0.2) is 55.1 Å². The molecule has 0 aliphatic heterocycles. The van der Waals surface area contributed by atoms with Gasteiger partial charge in [0.15, 0.2) is 0 Å². The lowest BCUT2D eigenvalue weighted by Crippen LogP contribution is -2.13. The van der Waals surface area contributed by atoms with E-state index in [0.717, 1.165) is 5.69 Å². The van der Waals surface area contributed by atoms with E-state index >= 15 is 0 Å². The molecule has 6 nitrogen and oxygen atoms in total. The maximum atomic E-state index is 12.3. The van der Waals surface area contributed by atoms with Crippen LogP contribution in [-0.4, -0.2) is 25.8 Å². The van der Waals surface area contributed by atoms with Crippen molar-refractivity contribution in [2.45, 2.75) is 6.61 Å². The summed E-state index contributed by atoms with van der Waals surface area (Å²) in [5.74, 6) is -0.326. The lowest BCUT2D eigenvalue weighted by Gasteiger charge is -2.07. The average Bonchev–Trinajstić information content (AvgIpc) is 3.06. The van der Waals surface area contributed by atoms with Crippen LogP contribution < -0.4 is 5.32 Å². The minimum absolute atomic E-state index is 0.178. The van der Waals surface area contributed by atoms with Crippen molar-refractivity contribution < 1.29 is 9.90 Å². The van der Waals surface area contributed by atoms with E-state index in [-0.39, 0.29) is 12.5 Å². The molecule has 3 rings (SSSR count).